The van der Waals surface area contributed by atoms with E-state index in [0.29, 0.717) is 25.4 Å². The van der Waals surface area contributed by atoms with Crippen molar-refractivity contribution in [2.75, 3.05) is 55.5 Å². The molecule has 2 heterocycles. The molecule has 2 fully saturated rings. The van der Waals surface area contributed by atoms with Gasteiger partial charge in [-0.25, -0.2) is 0 Å². The van der Waals surface area contributed by atoms with Crippen LogP contribution in [0.3, 0.4) is 0 Å². The lowest BCUT2D eigenvalue weighted by atomic mass is 9.79. The van der Waals surface area contributed by atoms with Gasteiger partial charge in [0.2, 0.25) is 5.91 Å². The standard InChI is InChI=1S/C33H38N4O4/c1-40-16-4-15-36-30-19-27(11-12-31(30)41-21-32(36)38)37(26-9-10-26)33(39)29-20-35-14-13-28(29)24-7-2-5-22(17-24)23-6-3-8-25(34)18-23/h2-3,5-8,11-12,17-19,26,28-29,35H,4,9-10,13-16,20-21,34H2,1H3/t28-,29+/m1/s1. The molecule has 1 saturated heterocycles. The molecular formula is C33H38N4O4. The van der Waals surface area contributed by atoms with Crippen LogP contribution in [0.1, 0.15) is 37.2 Å². The molecule has 3 N–H and O–H groups in total. The van der Waals surface area contributed by atoms with E-state index in [1.165, 1.54) is 5.56 Å². The van der Waals surface area contributed by atoms with Gasteiger partial charge in [-0.15, -0.1) is 0 Å². The number of nitrogen functional groups attached to an aromatic ring is 1. The number of nitrogens with one attached hydrogen (secondary N) is 1. The number of fused-ring (bicyclic) bond motifs is 1. The molecule has 0 spiro atoms. The highest BCUT2D eigenvalue weighted by atomic mass is 16.5. The zero-order valence-electron chi connectivity index (χ0n) is 23.6. The second kappa shape index (κ2) is 11.9. The first-order valence-corrected chi connectivity index (χ1v) is 14.6. The molecule has 3 aromatic carbocycles. The van der Waals surface area contributed by atoms with Crippen molar-refractivity contribution >= 4 is 28.9 Å². The number of nitrogens with zero attached hydrogens (tertiary/aromatic N) is 2. The summed E-state index contributed by atoms with van der Waals surface area (Å²) in [5.41, 5.74) is 11.7. The van der Waals surface area contributed by atoms with Gasteiger partial charge in [0.25, 0.3) is 5.91 Å². The van der Waals surface area contributed by atoms with E-state index in [1.54, 1.807) is 12.0 Å². The van der Waals surface area contributed by atoms with Gasteiger partial charge < -0.3 is 30.3 Å². The average molecular weight is 555 g/mol. The molecule has 0 unspecified atom stereocenters. The summed E-state index contributed by atoms with van der Waals surface area (Å²) in [5, 5.41) is 3.48. The SMILES string of the molecule is COCCCN1C(=O)COc2ccc(N(C(=O)[C@H]3CNCC[C@@H]3c3cccc(-c4cccc(N)c4)c3)C3CC3)cc21. The molecule has 8 nitrogen and oxygen atoms in total. The van der Waals surface area contributed by atoms with E-state index in [9.17, 15) is 9.59 Å². The van der Waals surface area contributed by atoms with Crippen molar-refractivity contribution < 1.29 is 19.1 Å². The topological polar surface area (TPSA) is 97.1 Å². The Morgan fingerprint density at radius 1 is 1.07 bits per heavy atom. The van der Waals surface area contributed by atoms with Crippen molar-refractivity contribution in [3.05, 3.63) is 72.3 Å². The minimum absolute atomic E-state index is 0.0225. The second-order valence-electron chi connectivity index (χ2n) is 11.2. The van der Waals surface area contributed by atoms with Gasteiger partial charge in [0.15, 0.2) is 6.61 Å². The van der Waals surface area contributed by atoms with Crippen LogP contribution in [-0.4, -0.2) is 57.8 Å². The fourth-order valence-electron chi connectivity index (χ4n) is 6.17. The molecule has 3 aromatic rings. The van der Waals surface area contributed by atoms with E-state index >= 15 is 0 Å². The van der Waals surface area contributed by atoms with Crippen LogP contribution in [0, 0.1) is 5.92 Å². The van der Waals surface area contributed by atoms with Gasteiger partial charge in [-0.05, 0) is 85.2 Å². The number of piperidine rings is 1. The largest absolute Gasteiger partial charge is 0.482 e. The summed E-state index contributed by atoms with van der Waals surface area (Å²) in [4.78, 5) is 31.0. The van der Waals surface area contributed by atoms with E-state index in [1.807, 2.05) is 41.3 Å². The van der Waals surface area contributed by atoms with Gasteiger partial charge in [-0.2, -0.15) is 0 Å². The third-order valence-corrected chi connectivity index (χ3v) is 8.38. The molecule has 214 valence electrons. The van der Waals surface area contributed by atoms with Crippen molar-refractivity contribution in [2.45, 2.75) is 37.6 Å². The van der Waals surface area contributed by atoms with Gasteiger partial charge in [-0.1, -0.05) is 36.4 Å². The minimum atomic E-state index is -0.202. The first kappa shape index (κ1) is 27.3. The molecule has 6 rings (SSSR count). The van der Waals surface area contributed by atoms with E-state index < -0.39 is 0 Å². The lowest BCUT2D eigenvalue weighted by molar-refractivity contribution is -0.123. The predicted octanol–water partition coefficient (Wildman–Crippen LogP) is 4.59. The number of methoxy groups -OCH3 is 1. The van der Waals surface area contributed by atoms with E-state index in [4.69, 9.17) is 15.2 Å². The Hall–Kier alpha value is -3.88. The molecule has 2 atom stereocenters. The summed E-state index contributed by atoms with van der Waals surface area (Å²) in [7, 11) is 1.66. The lowest BCUT2D eigenvalue weighted by Crippen LogP contribution is -2.47. The highest BCUT2D eigenvalue weighted by molar-refractivity contribution is 6.01. The lowest BCUT2D eigenvalue weighted by Gasteiger charge is -2.36. The maximum atomic E-state index is 14.4. The zero-order chi connectivity index (χ0) is 28.3. The number of carbonyl (C=O) groups excluding carboxylic acids is 2. The summed E-state index contributed by atoms with van der Waals surface area (Å²) in [6.45, 7) is 2.64. The van der Waals surface area contributed by atoms with E-state index in [-0.39, 0.29) is 36.3 Å². The Kier molecular flexibility index (Phi) is 7.94. The summed E-state index contributed by atoms with van der Waals surface area (Å²) in [5.74, 6) is 0.621. The number of hydrogen-bond acceptors (Lipinski definition) is 6. The number of anilines is 3. The van der Waals surface area contributed by atoms with Gasteiger partial charge in [-0.3, -0.25) is 9.59 Å². The van der Waals surface area contributed by atoms with Crippen LogP contribution >= 0.6 is 0 Å². The monoisotopic (exact) mass is 554 g/mol. The first-order chi connectivity index (χ1) is 20.0. The third-order valence-electron chi connectivity index (χ3n) is 8.38. The Balaban J connectivity index is 1.30. The Morgan fingerprint density at radius 2 is 1.88 bits per heavy atom. The number of nitrogens with two attached hydrogens (primary N) is 1. The van der Waals surface area contributed by atoms with Crippen molar-refractivity contribution in [1.29, 1.82) is 0 Å². The van der Waals surface area contributed by atoms with Crippen LogP contribution in [0.5, 0.6) is 5.75 Å². The van der Waals surface area contributed by atoms with Gasteiger partial charge in [0.05, 0.1) is 11.6 Å². The van der Waals surface area contributed by atoms with Crippen molar-refractivity contribution in [3.63, 3.8) is 0 Å². The van der Waals surface area contributed by atoms with Gasteiger partial charge in [0, 0.05) is 44.2 Å². The molecule has 1 aliphatic carbocycles. The maximum Gasteiger partial charge on any atom is 0.265 e. The Labute approximate surface area is 241 Å². The molecular weight excluding hydrogens is 516 g/mol. The first-order valence-electron chi connectivity index (χ1n) is 14.6. The number of hydrogen-bond donors (Lipinski definition) is 2. The molecule has 2 aliphatic heterocycles. The summed E-state index contributed by atoms with van der Waals surface area (Å²) >= 11 is 0. The normalized spacial score (nSPS) is 20.3. The predicted molar refractivity (Wildman–Crippen MR) is 161 cm³/mol. The molecule has 0 bridgehead atoms. The zero-order valence-corrected chi connectivity index (χ0v) is 23.6. The molecule has 0 radical (unpaired) electrons. The number of carbonyl (C=O) groups is 2. The summed E-state index contributed by atoms with van der Waals surface area (Å²) in [6.07, 6.45) is 3.56. The molecule has 0 aromatic heterocycles. The van der Waals surface area contributed by atoms with E-state index in [0.717, 1.165) is 60.4 Å². The van der Waals surface area contributed by atoms with Crippen LogP contribution in [0.2, 0.25) is 0 Å². The maximum absolute atomic E-state index is 14.4. The molecule has 3 aliphatic rings. The fraction of sp³-hybridized carbons (Fsp3) is 0.394. The van der Waals surface area contributed by atoms with E-state index in [2.05, 4.69) is 35.6 Å². The fourth-order valence-corrected chi connectivity index (χ4v) is 6.17. The highest BCUT2D eigenvalue weighted by Gasteiger charge is 2.41. The number of amides is 2. The smallest absolute Gasteiger partial charge is 0.265 e. The van der Waals surface area contributed by atoms with Crippen molar-refractivity contribution in [2.24, 2.45) is 5.92 Å². The van der Waals surface area contributed by atoms with Crippen LogP contribution in [-0.2, 0) is 14.3 Å². The Morgan fingerprint density at radius 3 is 2.66 bits per heavy atom. The van der Waals surface area contributed by atoms with Crippen LogP contribution in [0.25, 0.3) is 11.1 Å². The van der Waals surface area contributed by atoms with Gasteiger partial charge in [0.1, 0.15) is 5.75 Å². The second-order valence-corrected chi connectivity index (χ2v) is 11.2. The quantitative estimate of drug-likeness (QED) is 0.297. The third kappa shape index (κ3) is 5.80. The molecule has 2 amide bonds. The van der Waals surface area contributed by atoms with Gasteiger partial charge >= 0.3 is 0 Å². The highest BCUT2D eigenvalue weighted by Crippen LogP contribution is 2.42. The van der Waals surface area contributed by atoms with Crippen LogP contribution in [0.15, 0.2) is 66.7 Å². The molecule has 8 heteroatoms. The number of benzene rings is 3. The van der Waals surface area contributed by atoms with Crippen LogP contribution < -0.4 is 25.6 Å². The Bertz CT molecular complexity index is 1420. The van der Waals surface area contributed by atoms with Crippen LogP contribution in [0.4, 0.5) is 17.1 Å². The molecule has 1 saturated carbocycles. The minimum Gasteiger partial charge on any atom is -0.482 e. The average Bonchev–Trinajstić information content (AvgIpc) is 3.84. The summed E-state index contributed by atoms with van der Waals surface area (Å²) < 4.78 is 11.0. The van der Waals surface area contributed by atoms with Crippen molar-refractivity contribution in [3.8, 4) is 16.9 Å². The van der Waals surface area contributed by atoms with Crippen molar-refractivity contribution in [1.82, 2.24) is 5.32 Å². The number of rotatable bonds is 9. The molecule has 41 heavy (non-hydrogen) atoms. The summed E-state index contributed by atoms with van der Waals surface area (Å²) in [6, 6.07) is 22.4. The number of ether oxygens (including phenoxy) is 2.